The molecule has 0 aliphatic carbocycles. The largest absolute Gasteiger partial charge is 0.350 e. The van der Waals surface area contributed by atoms with E-state index in [4.69, 9.17) is 0 Å². The lowest BCUT2D eigenvalue weighted by molar-refractivity contribution is 0.497. The molecule has 0 saturated heterocycles. The van der Waals surface area contributed by atoms with Crippen LogP contribution in [0.3, 0.4) is 0 Å². The zero-order valence-corrected chi connectivity index (χ0v) is 9.85. The highest BCUT2D eigenvalue weighted by molar-refractivity contribution is 5.36. The van der Waals surface area contributed by atoms with Crippen molar-refractivity contribution in [3.05, 3.63) is 71.6 Å². The number of hydrogen-bond donors (Lipinski definition) is 0. The van der Waals surface area contributed by atoms with Gasteiger partial charge in [-0.3, -0.25) is 0 Å². The lowest BCUT2D eigenvalue weighted by Crippen LogP contribution is -2.11. The molecule has 0 unspecified atom stereocenters. The first kappa shape index (κ1) is 10.7. The van der Waals surface area contributed by atoms with Gasteiger partial charge in [0.2, 0.25) is 0 Å². The Kier molecular flexibility index (Phi) is 3.25. The van der Waals surface area contributed by atoms with Gasteiger partial charge in [-0.15, -0.1) is 0 Å². The summed E-state index contributed by atoms with van der Waals surface area (Å²) >= 11 is 0. The Morgan fingerprint density at radius 3 is 2.19 bits per heavy atom. The summed E-state index contributed by atoms with van der Waals surface area (Å²) in [7, 11) is 0. The molecule has 0 bridgehead atoms. The first-order valence-corrected chi connectivity index (χ1v) is 5.59. The minimum absolute atomic E-state index is 0.934. The Labute approximate surface area is 97.4 Å². The topological polar surface area (TPSA) is 3.24 Å². The van der Waals surface area contributed by atoms with Crippen molar-refractivity contribution in [1.29, 1.82) is 0 Å². The molecule has 1 heteroatoms. The molecule has 16 heavy (non-hydrogen) atoms. The Bertz CT molecular complexity index is 418. The lowest BCUT2D eigenvalue weighted by Gasteiger charge is -2.19. The fourth-order valence-corrected chi connectivity index (χ4v) is 1.69. The second-order valence-corrected chi connectivity index (χ2v) is 4.24. The predicted octanol–water partition coefficient (Wildman–Crippen LogP) is 3.87. The molecule has 0 fully saturated rings. The van der Waals surface area contributed by atoms with Crippen molar-refractivity contribution in [1.82, 2.24) is 4.90 Å². The molecule has 82 valence electrons. The van der Waals surface area contributed by atoms with E-state index in [1.807, 2.05) is 6.07 Å². The van der Waals surface area contributed by atoms with Crippen LogP contribution in [0.5, 0.6) is 0 Å². The number of rotatable bonds is 2. The van der Waals surface area contributed by atoms with Gasteiger partial charge in [-0.1, -0.05) is 35.9 Å². The molecule has 0 amide bonds. The fraction of sp³-hybridized carbons (Fsp3) is 0.200. The van der Waals surface area contributed by atoms with E-state index in [1.165, 1.54) is 16.7 Å². The van der Waals surface area contributed by atoms with Gasteiger partial charge < -0.3 is 4.90 Å². The quantitative estimate of drug-likeness (QED) is 0.718. The van der Waals surface area contributed by atoms with E-state index in [0.29, 0.717) is 0 Å². The highest BCUT2D eigenvalue weighted by Gasteiger charge is 2.02. The molecule has 1 heterocycles. The molecular weight excluding hydrogens is 194 g/mol. The van der Waals surface area contributed by atoms with E-state index >= 15 is 0 Å². The Hall–Kier alpha value is -1.76. The van der Waals surface area contributed by atoms with Crippen molar-refractivity contribution < 1.29 is 0 Å². The molecule has 1 nitrogen and oxygen atoms in total. The van der Waals surface area contributed by atoms with Crippen LogP contribution in [0.25, 0.3) is 0 Å². The third-order valence-electron chi connectivity index (χ3n) is 2.68. The molecule has 2 rings (SSSR count). The van der Waals surface area contributed by atoms with E-state index in [2.05, 4.69) is 67.6 Å². The maximum absolute atomic E-state index is 2.20. The fourth-order valence-electron chi connectivity index (χ4n) is 1.69. The van der Waals surface area contributed by atoms with Gasteiger partial charge in [-0.25, -0.2) is 0 Å². The Morgan fingerprint density at radius 1 is 1.00 bits per heavy atom. The van der Waals surface area contributed by atoms with Gasteiger partial charge in [-0.05, 0) is 37.1 Å². The molecule has 1 aromatic rings. The summed E-state index contributed by atoms with van der Waals surface area (Å²) < 4.78 is 0. The summed E-state index contributed by atoms with van der Waals surface area (Å²) in [4.78, 5) is 2.20. The third-order valence-corrected chi connectivity index (χ3v) is 2.68. The van der Waals surface area contributed by atoms with Crippen LogP contribution in [0, 0.1) is 0 Å². The summed E-state index contributed by atoms with van der Waals surface area (Å²) in [6.45, 7) is 5.21. The first-order valence-electron chi connectivity index (χ1n) is 5.59. The van der Waals surface area contributed by atoms with Crippen molar-refractivity contribution in [3.63, 3.8) is 0 Å². The molecule has 0 saturated carbocycles. The molecule has 1 aliphatic rings. The highest BCUT2D eigenvalue weighted by Crippen LogP contribution is 2.15. The standard InChI is InChI=1S/C15H17N/c1-13(2)15-8-10-16(11-9-15)12-14-6-4-3-5-7-14/h3-11H,12H2,1-2H3. The smallest absolute Gasteiger partial charge is 0.0470 e. The van der Waals surface area contributed by atoms with E-state index in [0.717, 1.165) is 6.54 Å². The van der Waals surface area contributed by atoms with Crippen LogP contribution in [0.1, 0.15) is 19.4 Å². The average Bonchev–Trinajstić information content (AvgIpc) is 2.31. The van der Waals surface area contributed by atoms with E-state index < -0.39 is 0 Å². The van der Waals surface area contributed by atoms with Crippen LogP contribution in [-0.2, 0) is 6.54 Å². The van der Waals surface area contributed by atoms with Crippen LogP contribution in [0.15, 0.2) is 66.0 Å². The summed E-state index contributed by atoms with van der Waals surface area (Å²) in [6, 6.07) is 10.5. The lowest BCUT2D eigenvalue weighted by atomic mass is 10.1. The number of nitrogens with zero attached hydrogens (tertiary/aromatic N) is 1. The molecule has 0 spiro atoms. The summed E-state index contributed by atoms with van der Waals surface area (Å²) in [5, 5.41) is 0. The van der Waals surface area contributed by atoms with Crippen LogP contribution >= 0.6 is 0 Å². The second kappa shape index (κ2) is 4.84. The number of benzene rings is 1. The molecule has 0 radical (unpaired) electrons. The van der Waals surface area contributed by atoms with Gasteiger partial charge in [0.15, 0.2) is 0 Å². The van der Waals surface area contributed by atoms with Gasteiger partial charge in [0.1, 0.15) is 0 Å². The van der Waals surface area contributed by atoms with Crippen molar-refractivity contribution in [3.8, 4) is 0 Å². The Balaban J connectivity index is 2.04. The highest BCUT2D eigenvalue weighted by atomic mass is 15.1. The van der Waals surface area contributed by atoms with Crippen LogP contribution in [0.2, 0.25) is 0 Å². The molecule has 0 N–H and O–H groups in total. The third kappa shape index (κ3) is 2.63. The zero-order chi connectivity index (χ0) is 11.4. The Morgan fingerprint density at radius 2 is 1.62 bits per heavy atom. The van der Waals surface area contributed by atoms with Crippen LogP contribution in [0.4, 0.5) is 0 Å². The number of allylic oxidation sites excluding steroid dienone is 4. The molecule has 0 aromatic heterocycles. The van der Waals surface area contributed by atoms with Crippen molar-refractivity contribution in [2.45, 2.75) is 20.4 Å². The zero-order valence-electron chi connectivity index (χ0n) is 9.85. The SMILES string of the molecule is CC(C)=C1C=CN(Cc2ccccc2)C=C1. The van der Waals surface area contributed by atoms with Gasteiger partial charge in [0.25, 0.3) is 0 Å². The molecule has 0 atom stereocenters. The summed E-state index contributed by atoms with van der Waals surface area (Å²) in [5.74, 6) is 0. The number of hydrogen-bond acceptors (Lipinski definition) is 1. The predicted molar refractivity (Wildman–Crippen MR) is 68.6 cm³/mol. The molecule has 1 aliphatic heterocycles. The maximum Gasteiger partial charge on any atom is 0.0470 e. The summed E-state index contributed by atoms with van der Waals surface area (Å²) in [5.41, 5.74) is 3.99. The van der Waals surface area contributed by atoms with Crippen molar-refractivity contribution >= 4 is 0 Å². The maximum atomic E-state index is 2.20. The van der Waals surface area contributed by atoms with Gasteiger partial charge in [-0.2, -0.15) is 0 Å². The van der Waals surface area contributed by atoms with Crippen molar-refractivity contribution in [2.75, 3.05) is 0 Å². The van der Waals surface area contributed by atoms with Crippen LogP contribution in [-0.4, -0.2) is 4.90 Å². The molecule has 1 aromatic carbocycles. The van der Waals surface area contributed by atoms with E-state index in [-0.39, 0.29) is 0 Å². The van der Waals surface area contributed by atoms with Gasteiger partial charge in [0.05, 0.1) is 0 Å². The monoisotopic (exact) mass is 211 g/mol. The average molecular weight is 211 g/mol. The minimum atomic E-state index is 0.934. The first-order chi connectivity index (χ1) is 7.75. The van der Waals surface area contributed by atoms with Gasteiger partial charge in [0, 0.05) is 18.9 Å². The second-order valence-electron chi connectivity index (χ2n) is 4.24. The van der Waals surface area contributed by atoms with E-state index in [9.17, 15) is 0 Å². The summed E-state index contributed by atoms with van der Waals surface area (Å²) in [6.07, 6.45) is 8.60. The van der Waals surface area contributed by atoms with Crippen LogP contribution < -0.4 is 0 Å². The minimum Gasteiger partial charge on any atom is -0.350 e. The molecular formula is C15H17N. The van der Waals surface area contributed by atoms with Gasteiger partial charge >= 0.3 is 0 Å². The normalized spacial score (nSPS) is 14.4. The van der Waals surface area contributed by atoms with Crippen molar-refractivity contribution in [2.24, 2.45) is 0 Å². The van der Waals surface area contributed by atoms with E-state index in [1.54, 1.807) is 0 Å².